The van der Waals surface area contributed by atoms with Crippen LogP contribution in [0.3, 0.4) is 0 Å². The van der Waals surface area contributed by atoms with Crippen molar-refractivity contribution in [3.05, 3.63) is 28.8 Å². The van der Waals surface area contributed by atoms with E-state index in [9.17, 15) is 5.11 Å². The van der Waals surface area contributed by atoms with Gasteiger partial charge < -0.3 is 15.2 Å². The molecule has 0 spiro atoms. The summed E-state index contributed by atoms with van der Waals surface area (Å²) >= 11 is 0. The Kier molecular flexibility index (Phi) is 4.83. The van der Waals surface area contributed by atoms with Gasteiger partial charge in [-0.05, 0) is 62.9 Å². The van der Waals surface area contributed by atoms with E-state index in [1.807, 2.05) is 0 Å². The first-order chi connectivity index (χ1) is 9.08. The molecular formula is C16H25NO2. The number of hydrogen-bond donors (Lipinski definition) is 2. The van der Waals surface area contributed by atoms with E-state index in [1.165, 1.54) is 17.5 Å². The van der Waals surface area contributed by atoms with Gasteiger partial charge in [0.1, 0.15) is 5.75 Å². The number of nitrogens with one attached hydrogen (secondary N) is 1. The molecule has 2 unspecified atom stereocenters. The molecule has 3 heteroatoms. The molecule has 1 aromatic rings. The molecule has 1 aromatic carbocycles. The lowest BCUT2D eigenvalue weighted by molar-refractivity contribution is 0.107. The Hall–Kier alpha value is -1.06. The number of aliphatic hydroxyl groups is 1. The van der Waals surface area contributed by atoms with Gasteiger partial charge >= 0.3 is 0 Å². The highest BCUT2D eigenvalue weighted by molar-refractivity contribution is 5.40. The largest absolute Gasteiger partial charge is 0.493 e. The molecule has 106 valence electrons. The van der Waals surface area contributed by atoms with E-state index in [2.05, 4.69) is 38.2 Å². The fourth-order valence-electron chi connectivity index (χ4n) is 2.62. The first-order valence-electron chi connectivity index (χ1n) is 7.20. The first kappa shape index (κ1) is 14.4. The fraction of sp³-hybridized carbons (Fsp3) is 0.625. The number of hydrogen-bond acceptors (Lipinski definition) is 3. The lowest BCUT2D eigenvalue weighted by Crippen LogP contribution is -2.35. The lowest BCUT2D eigenvalue weighted by atomic mass is 10.1. The SMILES string of the molecule is Cc1cc(C)c(OCCC(O)C2CCCN2)cc1C. The minimum Gasteiger partial charge on any atom is -0.493 e. The molecule has 0 aliphatic carbocycles. The van der Waals surface area contributed by atoms with Crippen LogP contribution in [0.2, 0.25) is 0 Å². The summed E-state index contributed by atoms with van der Waals surface area (Å²) < 4.78 is 5.82. The maximum atomic E-state index is 10.1. The molecule has 2 rings (SSSR count). The van der Waals surface area contributed by atoms with E-state index >= 15 is 0 Å². The molecular weight excluding hydrogens is 238 g/mol. The van der Waals surface area contributed by atoms with Gasteiger partial charge in [0.2, 0.25) is 0 Å². The fourth-order valence-corrected chi connectivity index (χ4v) is 2.62. The van der Waals surface area contributed by atoms with Crippen molar-refractivity contribution in [1.82, 2.24) is 5.32 Å². The van der Waals surface area contributed by atoms with E-state index in [0.29, 0.717) is 13.0 Å². The molecule has 2 atom stereocenters. The Balaban J connectivity index is 1.83. The van der Waals surface area contributed by atoms with Gasteiger partial charge in [0, 0.05) is 12.5 Å². The van der Waals surface area contributed by atoms with Crippen molar-refractivity contribution in [3.8, 4) is 5.75 Å². The van der Waals surface area contributed by atoms with Gasteiger partial charge in [0.15, 0.2) is 0 Å². The van der Waals surface area contributed by atoms with E-state index in [1.54, 1.807) is 0 Å². The second kappa shape index (κ2) is 6.40. The predicted octanol–water partition coefficient (Wildman–Crippen LogP) is 2.49. The van der Waals surface area contributed by atoms with Crippen LogP contribution in [0, 0.1) is 20.8 Å². The topological polar surface area (TPSA) is 41.5 Å². The van der Waals surface area contributed by atoms with Crippen LogP contribution in [0.25, 0.3) is 0 Å². The van der Waals surface area contributed by atoms with Gasteiger partial charge in [0.25, 0.3) is 0 Å². The molecule has 1 saturated heterocycles. The van der Waals surface area contributed by atoms with Gasteiger partial charge in [-0.15, -0.1) is 0 Å². The van der Waals surface area contributed by atoms with Crippen molar-refractivity contribution >= 4 is 0 Å². The normalized spacial score (nSPS) is 20.5. The van der Waals surface area contributed by atoms with Crippen LogP contribution < -0.4 is 10.1 Å². The Morgan fingerprint density at radius 2 is 2.00 bits per heavy atom. The Bertz CT molecular complexity index is 425. The Morgan fingerprint density at radius 1 is 1.26 bits per heavy atom. The van der Waals surface area contributed by atoms with Crippen LogP contribution in [-0.4, -0.2) is 30.4 Å². The molecule has 19 heavy (non-hydrogen) atoms. The highest BCUT2D eigenvalue weighted by Gasteiger charge is 2.22. The highest BCUT2D eigenvalue weighted by atomic mass is 16.5. The first-order valence-corrected chi connectivity index (χ1v) is 7.20. The number of aliphatic hydroxyl groups excluding tert-OH is 1. The van der Waals surface area contributed by atoms with E-state index in [0.717, 1.165) is 24.3 Å². The quantitative estimate of drug-likeness (QED) is 0.857. The second-order valence-corrected chi connectivity index (χ2v) is 5.61. The third-order valence-electron chi connectivity index (χ3n) is 4.03. The lowest BCUT2D eigenvalue weighted by Gasteiger charge is -2.19. The molecule has 0 bridgehead atoms. The van der Waals surface area contributed by atoms with E-state index in [-0.39, 0.29) is 12.1 Å². The summed E-state index contributed by atoms with van der Waals surface area (Å²) in [4.78, 5) is 0. The van der Waals surface area contributed by atoms with Crippen molar-refractivity contribution in [3.63, 3.8) is 0 Å². The molecule has 1 aliphatic rings. The van der Waals surface area contributed by atoms with Crippen LogP contribution in [0.4, 0.5) is 0 Å². The number of rotatable bonds is 5. The second-order valence-electron chi connectivity index (χ2n) is 5.61. The van der Waals surface area contributed by atoms with Crippen molar-refractivity contribution < 1.29 is 9.84 Å². The Morgan fingerprint density at radius 3 is 2.68 bits per heavy atom. The van der Waals surface area contributed by atoms with Gasteiger partial charge in [-0.25, -0.2) is 0 Å². The zero-order valence-corrected chi connectivity index (χ0v) is 12.2. The third kappa shape index (κ3) is 3.71. The molecule has 0 amide bonds. The standard InChI is InChI=1S/C16H25NO2/c1-11-9-13(3)16(10-12(11)2)19-8-6-15(18)14-5-4-7-17-14/h9-10,14-15,17-18H,4-8H2,1-3H3. The van der Waals surface area contributed by atoms with Gasteiger partial charge in [-0.2, -0.15) is 0 Å². The predicted molar refractivity (Wildman–Crippen MR) is 77.8 cm³/mol. The van der Waals surface area contributed by atoms with Crippen LogP contribution >= 0.6 is 0 Å². The number of aryl methyl sites for hydroxylation is 3. The van der Waals surface area contributed by atoms with E-state index < -0.39 is 0 Å². The minimum atomic E-state index is -0.297. The minimum absolute atomic E-state index is 0.254. The maximum Gasteiger partial charge on any atom is 0.122 e. The van der Waals surface area contributed by atoms with Gasteiger partial charge in [0.05, 0.1) is 12.7 Å². The molecule has 1 aliphatic heterocycles. The molecule has 0 saturated carbocycles. The van der Waals surface area contributed by atoms with Crippen LogP contribution in [0.15, 0.2) is 12.1 Å². The zero-order chi connectivity index (χ0) is 13.8. The zero-order valence-electron chi connectivity index (χ0n) is 12.2. The summed E-state index contributed by atoms with van der Waals surface area (Å²) in [5.41, 5.74) is 3.70. The summed E-state index contributed by atoms with van der Waals surface area (Å²) in [5.74, 6) is 0.940. The maximum absolute atomic E-state index is 10.1. The van der Waals surface area contributed by atoms with Crippen molar-refractivity contribution in [2.24, 2.45) is 0 Å². The summed E-state index contributed by atoms with van der Waals surface area (Å²) in [6.45, 7) is 7.87. The highest BCUT2D eigenvalue weighted by Crippen LogP contribution is 2.22. The summed E-state index contributed by atoms with van der Waals surface area (Å²) in [6, 6.07) is 4.49. The van der Waals surface area contributed by atoms with Crippen molar-refractivity contribution in [2.75, 3.05) is 13.2 Å². The number of benzene rings is 1. The van der Waals surface area contributed by atoms with Crippen molar-refractivity contribution in [2.45, 2.75) is 52.2 Å². The monoisotopic (exact) mass is 263 g/mol. The van der Waals surface area contributed by atoms with Gasteiger partial charge in [-0.3, -0.25) is 0 Å². The summed E-state index contributed by atoms with van der Waals surface area (Å²) in [5, 5.41) is 13.4. The average molecular weight is 263 g/mol. The third-order valence-corrected chi connectivity index (χ3v) is 4.03. The van der Waals surface area contributed by atoms with Crippen LogP contribution in [-0.2, 0) is 0 Å². The van der Waals surface area contributed by atoms with Crippen LogP contribution in [0.5, 0.6) is 5.75 Å². The summed E-state index contributed by atoms with van der Waals surface area (Å²) in [7, 11) is 0. The molecule has 0 aromatic heterocycles. The van der Waals surface area contributed by atoms with Crippen molar-refractivity contribution in [1.29, 1.82) is 0 Å². The van der Waals surface area contributed by atoms with Crippen LogP contribution in [0.1, 0.15) is 36.0 Å². The Labute approximate surface area is 116 Å². The average Bonchev–Trinajstić information content (AvgIpc) is 2.89. The molecule has 0 radical (unpaired) electrons. The molecule has 1 fully saturated rings. The van der Waals surface area contributed by atoms with E-state index in [4.69, 9.17) is 4.74 Å². The van der Waals surface area contributed by atoms with Gasteiger partial charge in [-0.1, -0.05) is 6.07 Å². The molecule has 3 nitrogen and oxygen atoms in total. The summed E-state index contributed by atoms with van der Waals surface area (Å²) in [6.07, 6.45) is 2.63. The number of ether oxygens (including phenoxy) is 1. The molecule has 1 heterocycles. The smallest absolute Gasteiger partial charge is 0.122 e. The molecule has 2 N–H and O–H groups in total.